The van der Waals surface area contributed by atoms with Crippen LogP contribution in [0.25, 0.3) is 0 Å². The Morgan fingerprint density at radius 2 is 1.96 bits per heavy atom. The molecule has 1 aliphatic heterocycles. The second-order valence-electron chi connectivity index (χ2n) is 7.06. The van der Waals surface area contributed by atoms with Crippen molar-refractivity contribution in [1.29, 1.82) is 0 Å². The van der Waals surface area contributed by atoms with Crippen molar-refractivity contribution in [2.45, 2.75) is 26.3 Å². The summed E-state index contributed by atoms with van der Waals surface area (Å²) >= 11 is 0. The number of guanidine groups is 1. The average Bonchev–Trinajstić information content (AvgIpc) is 2.70. The number of benzene rings is 1. The Hall–Kier alpha value is -1.71. The molecule has 1 unspecified atom stereocenters. The minimum atomic E-state index is 0. The first-order valence-corrected chi connectivity index (χ1v) is 9.59. The summed E-state index contributed by atoms with van der Waals surface area (Å²) in [5.41, 5.74) is 1.17. The van der Waals surface area contributed by atoms with E-state index in [-0.39, 0.29) is 36.4 Å². The van der Waals surface area contributed by atoms with E-state index in [0.717, 1.165) is 44.3 Å². The maximum absolute atomic E-state index is 11.9. The summed E-state index contributed by atoms with van der Waals surface area (Å²) in [5, 5.41) is 3.47. The zero-order valence-electron chi connectivity index (χ0n) is 17.6. The average molecular weight is 503 g/mol. The fourth-order valence-electron chi connectivity index (χ4n) is 2.83. The van der Waals surface area contributed by atoms with Crippen LogP contribution >= 0.6 is 24.0 Å². The van der Waals surface area contributed by atoms with Crippen molar-refractivity contribution >= 4 is 41.5 Å². The van der Waals surface area contributed by atoms with Gasteiger partial charge in [-0.1, -0.05) is 13.0 Å². The summed E-state index contributed by atoms with van der Waals surface area (Å²) in [6.07, 6.45) is 1.00. The van der Waals surface area contributed by atoms with Crippen LogP contribution in [-0.4, -0.2) is 81.6 Å². The molecule has 1 atom stereocenters. The van der Waals surface area contributed by atoms with Gasteiger partial charge in [-0.05, 0) is 25.5 Å². The first-order chi connectivity index (χ1) is 12.9. The molecule has 1 aromatic carbocycles. The summed E-state index contributed by atoms with van der Waals surface area (Å²) in [7, 11) is 5.20. The lowest BCUT2D eigenvalue weighted by molar-refractivity contribution is -0.127. The molecular weight excluding hydrogens is 469 g/mol. The van der Waals surface area contributed by atoms with Crippen LogP contribution in [0.4, 0.5) is 5.69 Å². The van der Waals surface area contributed by atoms with Crippen molar-refractivity contribution in [2.24, 2.45) is 4.99 Å². The maximum atomic E-state index is 11.9. The van der Waals surface area contributed by atoms with E-state index in [4.69, 9.17) is 4.74 Å². The van der Waals surface area contributed by atoms with Crippen LogP contribution in [0.2, 0.25) is 0 Å². The van der Waals surface area contributed by atoms with Crippen LogP contribution in [0, 0.1) is 0 Å². The molecule has 1 saturated heterocycles. The predicted molar refractivity (Wildman–Crippen MR) is 126 cm³/mol. The van der Waals surface area contributed by atoms with Crippen molar-refractivity contribution in [2.75, 3.05) is 58.8 Å². The van der Waals surface area contributed by atoms with Gasteiger partial charge in [0.25, 0.3) is 0 Å². The minimum absolute atomic E-state index is 0. The molecule has 7 nitrogen and oxygen atoms in total. The smallest absolute Gasteiger partial charge is 0.243 e. The third kappa shape index (κ3) is 7.03. The van der Waals surface area contributed by atoms with Crippen LogP contribution < -0.4 is 15.0 Å². The van der Waals surface area contributed by atoms with Gasteiger partial charge in [-0.2, -0.15) is 0 Å². The Morgan fingerprint density at radius 3 is 2.54 bits per heavy atom. The molecule has 8 heteroatoms. The van der Waals surface area contributed by atoms with Gasteiger partial charge in [0.15, 0.2) is 5.96 Å². The van der Waals surface area contributed by atoms with Gasteiger partial charge in [0.1, 0.15) is 12.3 Å². The van der Waals surface area contributed by atoms with Gasteiger partial charge in [-0.25, -0.2) is 4.99 Å². The SMILES string of the molecule is CCC(C)NC(=NCC(=O)N(C)C)N1CCN(c2cccc(OC)c2)CC1.I. The number of nitrogens with one attached hydrogen (secondary N) is 1. The molecule has 1 aromatic rings. The number of carbonyl (C=O) groups is 1. The zero-order valence-corrected chi connectivity index (χ0v) is 20.0. The molecule has 28 heavy (non-hydrogen) atoms. The summed E-state index contributed by atoms with van der Waals surface area (Å²) in [4.78, 5) is 22.7. The fraction of sp³-hybridized carbons (Fsp3) is 0.600. The van der Waals surface area contributed by atoms with E-state index in [1.165, 1.54) is 5.69 Å². The normalized spacial score (nSPS) is 15.5. The Labute approximate surface area is 186 Å². The van der Waals surface area contributed by atoms with Gasteiger partial charge in [0.2, 0.25) is 5.91 Å². The number of piperazine rings is 1. The van der Waals surface area contributed by atoms with E-state index < -0.39 is 0 Å². The third-order valence-electron chi connectivity index (χ3n) is 4.85. The number of hydrogen-bond acceptors (Lipinski definition) is 4. The van der Waals surface area contributed by atoms with Crippen molar-refractivity contribution in [3.05, 3.63) is 24.3 Å². The van der Waals surface area contributed by atoms with Crippen molar-refractivity contribution in [1.82, 2.24) is 15.1 Å². The molecule has 2 rings (SSSR count). The fourth-order valence-corrected chi connectivity index (χ4v) is 2.83. The highest BCUT2D eigenvalue weighted by Crippen LogP contribution is 2.22. The first kappa shape index (κ1) is 24.3. The number of halogens is 1. The number of anilines is 1. The molecule has 1 aliphatic rings. The first-order valence-electron chi connectivity index (χ1n) is 9.59. The van der Waals surface area contributed by atoms with Crippen LogP contribution in [0.1, 0.15) is 20.3 Å². The molecule has 1 heterocycles. The van der Waals surface area contributed by atoms with Crippen LogP contribution in [-0.2, 0) is 4.79 Å². The lowest BCUT2D eigenvalue weighted by atomic mass is 10.2. The van der Waals surface area contributed by atoms with E-state index in [1.54, 1.807) is 26.1 Å². The molecule has 0 aromatic heterocycles. The number of amides is 1. The number of nitrogens with zero attached hydrogens (tertiary/aromatic N) is 4. The van der Waals surface area contributed by atoms with Gasteiger partial charge in [-0.3, -0.25) is 4.79 Å². The molecule has 0 spiro atoms. The van der Waals surface area contributed by atoms with Gasteiger partial charge in [0, 0.05) is 58.1 Å². The molecule has 1 N–H and O–H groups in total. The molecule has 0 saturated carbocycles. The minimum Gasteiger partial charge on any atom is -0.497 e. The van der Waals surface area contributed by atoms with Crippen LogP contribution in [0.3, 0.4) is 0 Å². The topological polar surface area (TPSA) is 60.4 Å². The quantitative estimate of drug-likeness (QED) is 0.367. The lowest BCUT2D eigenvalue weighted by Crippen LogP contribution is -2.54. The van der Waals surface area contributed by atoms with Gasteiger partial charge >= 0.3 is 0 Å². The molecule has 158 valence electrons. The summed E-state index contributed by atoms with van der Waals surface area (Å²) < 4.78 is 5.33. The maximum Gasteiger partial charge on any atom is 0.243 e. The van der Waals surface area contributed by atoms with Crippen molar-refractivity contribution in [3.8, 4) is 5.75 Å². The number of aliphatic imine (C=N–C) groups is 1. The number of carbonyl (C=O) groups excluding carboxylic acids is 1. The van der Waals surface area contributed by atoms with Crippen LogP contribution in [0.5, 0.6) is 5.75 Å². The molecule has 0 aliphatic carbocycles. The largest absolute Gasteiger partial charge is 0.497 e. The number of likely N-dealkylation sites (N-methyl/N-ethyl adjacent to an activating group) is 1. The van der Waals surface area contributed by atoms with Gasteiger partial charge < -0.3 is 24.8 Å². The summed E-state index contributed by atoms with van der Waals surface area (Å²) in [6, 6.07) is 8.47. The van der Waals surface area contributed by atoms with E-state index in [2.05, 4.69) is 46.1 Å². The second kappa shape index (κ2) is 12.0. The number of hydrogen-bond donors (Lipinski definition) is 1. The standard InChI is InChI=1S/C20H33N5O2.HI/c1-6-16(2)22-20(21-15-19(26)23(3)4)25-12-10-24(11-13-25)17-8-7-9-18(14-17)27-5;/h7-9,14,16H,6,10-13,15H2,1-5H3,(H,21,22);1H. The lowest BCUT2D eigenvalue weighted by Gasteiger charge is -2.38. The van der Waals surface area contributed by atoms with E-state index in [1.807, 2.05) is 12.1 Å². The van der Waals surface area contributed by atoms with Gasteiger partial charge in [-0.15, -0.1) is 24.0 Å². The van der Waals surface area contributed by atoms with Gasteiger partial charge in [0.05, 0.1) is 7.11 Å². The Morgan fingerprint density at radius 1 is 1.29 bits per heavy atom. The zero-order chi connectivity index (χ0) is 19.8. The summed E-state index contributed by atoms with van der Waals surface area (Å²) in [5.74, 6) is 1.70. The second-order valence-corrected chi connectivity index (χ2v) is 7.06. The number of methoxy groups -OCH3 is 1. The van der Waals surface area contributed by atoms with E-state index in [0.29, 0.717) is 6.04 Å². The van der Waals surface area contributed by atoms with Crippen molar-refractivity contribution < 1.29 is 9.53 Å². The molecule has 1 amide bonds. The Kier molecular flexibility index (Phi) is 10.4. The molecule has 0 radical (unpaired) electrons. The highest BCUT2D eigenvalue weighted by atomic mass is 127. The third-order valence-corrected chi connectivity index (χ3v) is 4.85. The highest BCUT2D eigenvalue weighted by molar-refractivity contribution is 14.0. The number of rotatable bonds is 6. The Bertz CT molecular complexity index is 645. The summed E-state index contributed by atoms with van der Waals surface area (Å²) in [6.45, 7) is 7.95. The Balaban J connectivity index is 0.00000392. The van der Waals surface area contributed by atoms with E-state index >= 15 is 0 Å². The van der Waals surface area contributed by atoms with E-state index in [9.17, 15) is 4.79 Å². The molecule has 1 fully saturated rings. The van der Waals surface area contributed by atoms with Crippen LogP contribution in [0.15, 0.2) is 29.3 Å². The highest BCUT2D eigenvalue weighted by Gasteiger charge is 2.21. The monoisotopic (exact) mass is 503 g/mol. The van der Waals surface area contributed by atoms with Crippen molar-refractivity contribution in [3.63, 3.8) is 0 Å². The molecular formula is C20H34IN5O2. The number of ether oxygens (including phenoxy) is 1. The predicted octanol–water partition coefficient (Wildman–Crippen LogP) is 2.27. The molecule has 0 bridgehead atoms.